The average molecular weight is 332 g/mol. The number of nitrogens with one attached hydrogen (secondary N) is 1. The second-order valence-corrected chi connectivity index (χ2v) is 7.67. The molecule has 25 heavy (non-hydrogen) atoms. The van der Waals surface area contributed by atoms with Crippen LogP contribution in [0.1, 0.15) is 43.2 Å². The minimum absolute atomic E-state index is 0.190. The van der Waals surface area contributed by atoms with Crippen LogP contribution in [0.5, 0.6) is 0 Å². The van der Waals surface area contributed by atoms with E-state index in [4.69, 9.17) is 4.65 Å². The summed E-state index contributed by atoms with van der Waals surface area (Å²) in [7, 11) is 1.87. The van der Waals surface area contributed by atoms with Gasteiger partial charge in [0.15, 0.2) is 0 Å². The molecule has 1 N–H and O–H groups in total. The molecule has 2 aromatic rings. The van der Waals surface area contributed by atoms with Crippen LogP contribution in [0.2, 0.25) is 0 Å². The van der Waals surface area contributed by atoms with Crippen LogP contribution in [0, 0.1) is 5.92 Å². The van der Waals surface area contributed by atoms with E-state index in [-0.39, 0.29) is 5.60 Å². The molecule has 1 unspecified atom stereocenters. The standard InChI is InChI=1S/C22H27BNO/c1-4-10-18(11-5-1)16-22(17-19-12-6-2-7-13-19)21(24-23-25-22)20-14-8-3-9-15-20/h1-2,4-7,10-13,20-21,24H,3,8-9,14-17H2. The molecule has 1 aliphatic heterocycles. The minimum Gasteiger partial charge on any atom is -0.416 e. The summed E-state index contributed by atoms with van der Waals surface area (Å²) in [5, 5.41) is 3.61. The van der Waals surface area contributed by atoms with Gasteiger partial charge in [0.25, 0.3) is 0 Å². The molecule has 1 saturated heterocycles. The Morgan fingerprint density at radius 2 is 1.40 bits per heavy atom. The molecule has 2 aliphatic rings. The van der Waals surface area contributed by atoms with E-state index in [9.17, 15) is 0 Å². The van der Waals surface area contributed by atoms with E-state index in [1.807, 2.05) is 7.62 Å². The predicted octanol–water partition coefficient (Wildman–Crippen LogP) is 4.31. The Balaban J connectivity index is 1.64. The third-order valence-corrected chi connectivity index (χ3v) is 5.92. The largest absolute Gasteiger partial charge is 0.416 e. The van der Waals surface area contributed by atoms with Crippen molar-refractivity contribution in [1.82, 2.24) is 5.23 Å². The Hall–Kier alpha value is -1.58. The van der Waals surface area contributed by atoms with E-state index in [1.165, 1.54) is 43.2 Å². The third kappa shape index (κ3) is 3.83. The molecule has 1 atom stereocenters. The lowest BCUT2D eigenvalue weighted by Crippen LogP contribution is -2.52. The Kier molecular flexibility index (Phi) is 5.24. The van der Waals surface area contributed by atoms with Crippen LogP contribution in [0.15, 0.2) is 60.7 Å². The van der Waals surface area contributed by atoms with Crippen LogP contribution in [-0.4, -0.2) is 19.3 Å². The van der Waals surface area contributed by atoms with Gasteiger partial charge in [-0.15, -0.1) is 0 Å². The molecule has 1 radical (unpaired) electrons. The molecule has 0 bridgehead atoms. The van der Waals surface area contributed by atoms with Gasteiger partial charge in [-0.3, -0.25) is 0 Å². The van der Waals surface area contributed by atoms with Gasteiger partial charge >= 0.3 is 7.62 Å². The van der Waals surface area contributed by atoms with Crippen LogP contribution >= 0.6 is 0 Å². The molecule has 1 saturated carbocycles. The first-order valence-electron chi connectivity index (χ1n) is 9.69. The maximum Gasteiger partial charge on any atom is 0.396 e. The molecule has 2 aromatic carbocycles. The topological polar surface area (TPSA) is 21.3 Å². The zero-order valence-electron chi connectivity index (χ0n) is 14.9. The van der Waals surface area contributed by atoms with Gasteiger partial charge in [-0.2, -0.15) is 0 Å². The van der Waals surface area contributed by atoms with Gasteiger partial charge in [-0.25, -0.2) is 0 Å². The molecule has 2 nitrogen and oxygen atoms in total. The molecule has 129 valence electrons. The lowest BCUT2D eigenvalue weighted by Gasteiger charge is -2.41. The summed E-state index contributed by atoms with van der Waals surface area (Å²) in [5.74, 6) is 0.708. The SMILES string of the molecule is [B]1NC(C2CCCCC2)C(Cc2ccccc2)(Cc2ccccc2)O1. The first-order valence-corrected chi connectivity index (χ1v) is 9.69. The number of rotatable bonds is 5. The van der Waals surface area contributed by atoms with E-state index in [2.05, 4.69) is 65.9 Å². The van der Waals surface area contributed by atoms with Crippen molar-refractivity contribution in [3.63, 3.8) is 0 Å². The highest BCUT2D eigenvalue weighted by atomic mass is 16.5. The highest BCUT2D eigenvalue weighted by Crippen LogP contribution is 2.38. The summed E-state index contributed by atoms with van der Waals surface area (Å²) >= 11 is 0. The van der Waals surface area contributed by atoms with Crippen molar-refractivity contribution in [3.05, 3.63) is 71.8 Å². The summed E-state index contributed by atoms with van der Waals surface area (Å²) < 4.78 is 6.38. The molecule has 2 fully saturated rings. The van der Waals surface area contributed by atoms with Crippen LogP contribution in [0.3, 0.4) is 0 Å². The van der Waals surface area contributed by atoms with Crippen molar-refractivity contribution < 1.29 is 4.65 Å². The molecular formula is C22H27BNO. The van der Waals surface area contributed by atoms with Crippen molar-refractivity contribution in [1.29, 1.82) is 0 Å². The molecule has 0 aromatic heterocycles. The normalized spacial score (nSPS) is 23.3. The smallest absolute Gasteiger partial charge is 0.396 e. The quantitative estimate of drug-likeness (QED) is 0.824. The van der Waals surface area contributed by atoms with Crippen molar-refractivity contribution in [2.45, 2.75) is 56.6 Å². The molecule has 1 aliphatic carbocycles. The lowest BCUT2D eigenvalue weighted by molar-refractivity contribution is 0.0437. The Morgan fingerprint density at radius 1 is 0.840 bits per heavy atom. The molecule has 1 heterocycles. The monoisotopic (exact) mass is 332 g/mol. The second kappa shape index (κ2) is 7.76. The van der Waals surface area contributed by atoms with E-state index < -0.39 is 0 Å². The lowest BCUT2D eigenvalue weighted by atomic mass is 9.72. The van der Waals surface area contributed by atoms with Gasteiger partial charge < -0.3 is 9.88 Å². The molecule has 0 amide bonds. The third-order valence-electron chi connectivity index (χ3n) is 5.92. The zero-order chi connectivity index (χ0) is 17.0. The van der Waals surface area contributed by atoms with Gasteiger partial charge in [0.05, 0.1) is 5.60 Å². The fourth-order valence-electron chi connectivity index (χ4n) is 4.73. The van der Waals surface area contributed by atoms with Crippen LogP contribution in [0.4, 0.5) is 0 Å². The van der Waals surface area contributed by atoms with Crippen LogP contribution in [0.25, 0.3) is 0 Å². The Bertz CT molecular complexity index is 613. The minimum atomic E-state index is -0.190. The summed E-state index contributed by atoms with van der Waals surface area (Å²) in [4.78, 5) is 0. The van der Waals surface area contributed by atoms with Gasteiger partial charge in [0, 0.05) is 18.9 Å². The highest BCUT2D eigenvalue weighted by Gasteiger charge is 2.47. The molecule has 3 heteroatoms. The number of benzene rings is 2. The van der Waals surface area contributed by atoms with Gasteiger partial charge in [-0.05, 0) is 29.9 Å². The average Bonchev–Trinajstić information content (AvgIpc) is 3.07. The number of hydrogen-bond donors (Lipinski definition) is 1. The Morgan fingerprint density at radius 3 is 1.96 bits per heavy atom. The second-order valence-electron chi connectivity index (χ2n) is 7.67. The first kappa shape index (κ1) is 16.9. The summed E-state index contributed by atoms with van der Waals surface area (Å²) in [6, 6.07) is 22.0. The van der Waals surface area contributed by atoms with E-state index >= 15 is 0 Å². The van der Waals surface area contributed by atoms with E-state index in [1.54, 1.807) is 0 Å². The van der Waals surface area contributed by atoms with Crippen molar-refractivity contribution >= 4 is 7.62 Å². The van der Waals surface area contributed by atoms with Crippen LogP contribution in [-0.2, 0) is 17.5 Å². The van der Waals surface area contributed by atoms with Crippen molar-refractivity contribution in [3.8, 4) is 0 Å². The molecule has 0 spiro atoms. The maximum absolute atomic E-state index is 6.38. The van der Waals surface area contributed by atoms with Gasteiger partial charge in [0.1, 0.15) is 0 Å². The highest BCUT2D eigenvalue weighted by molar-refractivity contribution is 6.25. The fraction of sp³-hybridized carbons (Fsp3) is 0.455. The van der Waals surface area contributed by atoms with Crippen LogP contribution < -0.4 is 5.23 Å². The van der Waals surface area contributed by atoms with Crippen molar-refractivity contribution in [2.75, 3.05) is 0 Å². The molecular weight excluding hydrogens is 305 g/mol. The van der Waals surface area contributed by atoms with E-state index in [0.29, 0.717) is 12.0 Å². The maximum atomic E-state index is 6.38. The van der Waals surface area contributed by atoms with Gasteiger partial charge in [-0.1, -0.05) is 79.9 Å². The molecule has 4 rings (SSSR count). The summed E-state index contributed by atoms with van der Waals surface area (Å²) in [6.07, 6.45) is 8.64. The summed E-state index contributed by atoms with van der Waals surface area (Å²) in [5.41, 5.74) is 2.53. The first-order chi connectivity index (χ1) is 12.4. The number of hydrogen-bond acceptors (Lipinski definition) is 2. The zero-order valence-corrected chi connectivity index (χ0v) is 14.9. The van der Waals surface area contributed by atoms with Gasteiger partial charge in [0.2, 0.25) is 0 Å². The van der Waals surface area contributed by atoms with Crippen molar-refractivity contribution in [2.24, 2.45) is 5.92 Å². The summed E-state index contributed by atoms with van der Waals surface area (Å²) in [6.45, 7) is 0. The Labute approximate surface area is 152 Å². The van der Waals surface area contributed by atoms with E-state index in [0.717, 1.165) is 12.8 Å². The fourth-order valence-corrected chi connectivity index (χ4v) is 4.73. The predicted molar refractivity (Wildman–Crippen MR) is 103 cm³/mol.